The molecule has 98 valence electrons. The SMILES string of the molecule is CN(CC(=O)O)c1cc(C2CCOCC2)ncn1. The predicted molar refractivity (Wildman–Crippen MR) is 65.7 cm³/mol. The van der Waals surface area contributed by atoms with Crippen LogP contribution >= 0.6 is 0 Å². The van der Waals surface area contributed by atoms with Crippen LogP contribution in [0.2, 0.25) is 0 Å². The first-order valence-corrected chi connectivity index (χ1v) is 5.99. The Hall–Kier alpha value is -1.69. The number of rotatable bonds is 4. The number of aliphatic carboxylic acids is 1. The lowest BCUT2D eigenvalue weighted by molar-refractivity contribution is -0.135. The minimum atomic E-state index is -0.872. The molecule has 2 heterocycles. The van der Waals surface area contributed by atoms with Gasteiger partial charge in [0.1, 0.15) is 18.7 Å². The van der Waals surface area contributed by atoms with E-state index in [2.05, 4.69) is 9.97 Å². The smallest absolute Gasteiger partial charge is 0.323 e. The van der Waals surface area contributed by atoms with Crippen LogP contribution in [0.15, 0.2) is 12.4 Å². The van der Waals surface area contributed by atoms with Crippen LogP contribution < -0.4 is 4.90 Å². The van der Waals surface area contributed by atoms with E-state index in [1.165, 1.54) is 6.33 Å². The maximum Gasteiger partial charge on any atom is 0.323 e. The Bertz CT molecular complexity index is 419. The van der Waals surface area contributed by atoms with Crippen LogP contribution in [0.4, 0.5) is 5.82 Å². The van der Waals surface area contributed by atoms with Gasteiger partial charge in [-0.25, -0.2) is 9.97 Å². The lowest BCUT2D eigenvalue weighted by Crippen LogP contribution is -2.26. The molecule has 18 heavy (non-hydrogen) atoms. The van der Waals surface area contributed by atoms with Crippen molar-refractivity contribution in [1.82, 2.24) is 9.97 Å². The number of carboxylic acids is 1. The molecule has 0 atom stereocenters. The number of hydrogen-bond acceptors (Lipinski definition) is 5. The molecule has 0 radical (unpaired) electrons. The van der Waals surface area contributed by atoms with E-state index in [9.17, 15) is 4.79 Å². The van der Waals surface area contributed by atoms with Gasteiger partial charge in [0, 0.05) is 37.9 Å². The fourth-order valence-corrected chi connectivity index (χ4v) is 2.07. The van der Waals surface area contributed by atoms with Crippen LogP contribution in [-0.4, -0.2) is 47.8 Å². The molecule has 0 saturated carbocycles. The fourth-order valence-electron chi connectivity index (χ4n) is 2.07. The molecule has 0 unspecified atom stereocenters. The van der Waals surface area contributed by atoms with Gasteiger partial charge in [-0.1, -0.05) is 0 Å². The lowest BCUT2D eigenvalue weighted by Gasteiger charge is -2.22. The average molecular weight is 251 g/mol. The molecule has 0 aromatic carbocycles. The summed E-state index contributed by atoms with van der Waals surface area (Å²) >= 11 is 0. The number of aromatic nitrogens is 2. The van der Waals surface area contributed by atoms with E-state index in [1.54, 1.807) is 11.9 Å². The van der Waals surface area contributed by atoms with Crippen molar-refractivity contribution in [3.8, 4) is 0 Å². The summed E-state index contributed by atoms with van der Waals surface area (Å²) < 4.78 is 5.32. The van der Waals surface area contributed by atoms with Crippen LogP contribution in [0.1, 0.15) is 24.5 Å². The molecule has 1 fully saturated rings. The fraction of sp³-hybridized carbons (Fsp3) is 0.583. The van der Waals surface area contributed by atoms with Crippen molar-refractivity contribution in [1.29, 1.82) is 0 Å². The Balaban J connectivity index is 2.11. The number of carbonyl (C=O) groups is 1. The number of hydrogen-bond donors (Lipinski definition) is 1. The van der Waals surface area contributed by atoms with Crippen molar-refractivity contribution in [3.63, 3.8) is 0 Å². The standard InChI is InChI=1S/C12H17N3O3/c1-15(7-12(16)17)11-6-10(13-8-14-11)9-2-4-18-5-3-9/h6,8-9H,2-5,7H2,1H3,(H,16,17). The topological polar surface area (TPSA) is 75.6 Å². The highest BCUT2D eigenvalue weighted by atomic mass is 16.5. The zero-order valence-electron chi connectivity index (χ0n) is 10.4. The zero-order valence-corrected chi connectivity index (χ0v) is 10.4. The van der Waals surface area contributed by atoms with E-state index in [1.807, 2.05) is 6.07 Å². The minimum Gasteiger partial charge on any atom is -0.480 e. The lowest BCUT2D eigenvalue weighted by atomic mass is 9.96. The molecule has 0 spiro atoms. The van der Waals surface area contributed by atoms with Crippen LogP contribution in [0, 0.1) is 0 Å². The maximum atomic E-state index is 10.7. The molecule has 1 aromatic heterocycles. The summed E-state index contributed by atoms with van der Waals surface area (Å²) in [5.74, 6) is 0.163. The van der Waals surface area contributed by atoms with Crippen LogP contribution in [0.25, 0.3) is 0 Å². The molecule has 0 amide bonds. The molecule has 1 N–H and O–H groups in total. The van der Waals surface area contributed by atoms with Gasteiger partial charge in [0.25, 0.3) is 0 Å². The van der Waals surface area contributed by atoms with Crippen LogP contribution in [0.5, 0.6) is 0 Å². The largest absolute Gasteiger partial charge is 0.480 e. The molecule has 1 saturated heterocycles. The highest BCUT2D eigenvalue weighted by molar-refractivity contribution is 5.72. The van der Waals surface area contributed by atoms with E-state index in [0.717, 1.165) is 31.7 Å². The third-order valence-corrected chi connectivity index (χ3v) is 3.08. The number of nitrogens with zero attached hydrogens (tertiary/aromatic N) is 3. The van der Waals surface area contributed by atoms with E-state index >= 15 is 0 Å². The Morgan fingerprint density at radius 2 is 2.22 bits per heavy atom. The van der Waals surface area contributed by atoms with Gasteiger partial charge in [-0.3, -0.25) is 4.79 Å². The van der Waals surface area contributed by atoms with E-state index < -0.39 is 5.97 Å². The first-order chi connectivity index (χ1) is 8.66. The Kier molecular flexibility index (Phi) is 4.09. The molecule has 1 aliphatic heterocycles. The van der Waals surface area contributed by atoms with Crippen molar-refractivity contribution in [2.75, 3.05) is 31.7 Å². The summed E-state index contributed by atoms with van der Waals surface area (Å²) in [5, 5.41) is 8.76. The monoisotopic (exact) mass is 251 g/mol. The summed E-state index contributed by atoms with van der Waals surface area (Å²) in [6.07, 6.45) is 3.41. The van der Waals surface area contributed by atoms with Gasteiger partial charge >= 0.3 is 5.97 Å². The first-order valence-electron chi connectivity index (χ1n) is 5.99. The van der Waals surface area contributed by atoms with Crippen molar-refractivity contribution >= 4 is 11.8 Å². The minimum absolute atomic E-state index is 0.0652. The molecule has 1 aliphatic rings. The number of ether oxygens (including phenoxy) is 1. The molecular formula is C12H17N3O3. The number of likely N-dealkylation sites (N-methyl/N-ethyl adjacent to an activating group) is 1. The molecule has 2 rings (SSSR count). The van der Waals surface area contributed by atoms with Crippen LogP contribution in [-0.2, 0) is 9.53 Å². The van der Waals surface area contributed by atoms with Crippen LogP contribution in [0.3, 0.4) is 0 Å². The number of anilines is 1. The Morgan fingerprint density at radius 3 is 2.89 bits per heavy atom. The van der Waals surface area contributed by atoms with E-state index in [-0.39, 0.29) is 6.54 Å². The highest BCUT2D eigenvalue weighted by Gasteiger charge is 2.18. The second-order valence-electron chi connectivity index (χ2n) is 4.44. The molecule has 0 bridgehead atoms. The molecular weight excluding hydrogens is 234 g/mol. The summed E-state index contributed by atoms with van der Waals surface area (Å²) in [7, 11) is 1.71. The summed E-state index contributed by atoms with van der Waals surface area (Å²) in [4.78, 5) is 20.7. The van der Waals surface area contributed by atoms with Crippen molar-refractivity contribution in [2.24, 2.45) is 0 Å². The summed E-state index contributed by atoms with van der Waals surface area (Å²) in [6, 6.07) is 1.87. The third-order valence-electron chi connectivity index (χ3n) is 3.08. The predicted octanol–water partition coefficient (Wildman–Crippen LogP) is 0.891. The molecule has 6 heteroatoms. The van der Waals surface area contributed by atoms with Gasteiger partial charge in [0.15, 0.2) is 0 Å². The van der Waals surface area contributed by atoms with Gasteiger partial charge in [0.05, 0.1) is 0 Å². The third kappa shape index (κ3) is 3.16. The van der Waals surface area contributed by atoms with Gasteiger partial charge < -0.3 is 14.7 Å². The first kappa shape index (κ1) is 12.8. The van der Waals surface area contributed by atoms with Crippen molar-refractivity contribution in [3.05, 3.63) is 18.1 Å². The van der Waals surface area contributed by atoms with Gasteiger partial charge in [-0.05, 0) is 12.8 Å². The number of carboxylic acid groups (broad SMARTS) is 1. The normalized spacial score (nSPS) is 16.5. The second kappa shape index (κ2) is 5.77. The van der Waals surface area contributed by atoms with Crippen molar-refractivity contribution < 1.29 is 14.6 Å². The Labute approximate surface area is 106 Å². The zero-order chi connectivity index (χ0) is 13.0. The maximum absolute atomic E-state index is 10.7. The average Bonchev–Trinajstić information content (AvgIpc) is 2.39. The molecule has 6 nitrogen and oxygen atoms in total. The Morgan fingerprint density at radius 1 is 1.50 bits per heavy atom. The summed E-state index contributed by atoms with van der Waals surface area (Å²) in [6.45, 7) is 1.45. The summed E-state index contributed by atoms with van der Waals surface area (Å²) in [5.41, 5.74) is 0.973. The van der Waals surface area contributed by atoms with E-state index in [0.29, 0.717) is 11.7 Å². The van der Waals surface area contributed by atoms with Gasteiger partial charge in [0.2, 0.25) is 0 Å². The van der Waals surface area contributed by atoms with Gasteiger partial charge in [-0.15, -0.1) is 0 Å². The molecule has 0 aliphatic carbocycles. The second-order valence-corrected chi connectivity index (χ2v) is 4.44. The van der Waals surface area contributed by atoms with Gasteiger partial charge in [-0.2, -0.15) is 0 Å². The quantitative estimate of drug-likeness (QED) is 0.856. The highest BCUT2D eigenvalue weighted by Crippen LogP contribution is 2.26. The van der Waals surface area contributed by atoms with E-state index in [4.69, 9.17) is 9.84 Å². The molecule has 1 aromatic rings. The van der Waals surface area contributed by atoms with Crippen molar-refractivity contribution in [2.45, 2.75) is 18.8 Å².